The Balaban J connectivity index is 2.06. The molecule has 2 rings (SSSR count). The number of hydrogen-bond donors (Lipinski definition) is 1. The lowest BCUT2D eigenvalue weighted by Crippen LogP contribution is -1.99. The molecule has 0 radical (unpaired) electrons. The summed E-state index contributed by atoms with van der Waals surface area (Å²) in [4.78, 5) is 8.66. The lowest BCUT2D eigenvalue weighted by atomic mass is 10.4. The average molecular weight is 313 g/mol. The molecule has 1 aromatic heterocycles. The van der Waals surface area contributed by atoms with Crippen LogP contribution in [0.5, 0.6) is 0 Å². The van der Waals surface area contributed by atoms with E-state index in [1.807, 2.05) is 30.3 Å². The van der Waals surface area contributed by atoms with Crippen LogP contribution in [0.2, 0.25) is 5.02 Å². The van der Waals surface area contributed by atoms with Gasteiger partial charge in [0.2, 0.25) is 0 Å². The SMILES string of the molecule is COCc1cc(=S)nc(CSc2ccc(Cl)cc2)[nH]1. The highest BCUT2D eigenvalue weighted by Crippen LogP contribution is 2.23. The summed E-state index contributed by atoms with van der Waals surface area (Å²) in [5, 5.41) is 0.740. The molecule has 0 aliphatic carbocycles. The van der Waals surface area contributed by atoms with Gasteiger partial charge in [-0.15, -0.1) is 11.8 Å². The van der Waals surface area contributed by atoms with Crippen molar-refractivity contribution in [3.8, 4) is 0 Å². The molecule has 100 valence electrons. The Hall–Kier alpha value is -0.880. The molecule has 0 fully saturated rings. The van der Waals surface area contributed by atoms with E-state index in [4.69, 9.17) is 28.6 Å². The second-order valence-corrected chi connectivity index (χ2v) is 5.77. The number of thioether (sulfide) groups is 1. The van der Waals surface area contributed by atoms with E-state index in [0.717, 1.165) is 27.2 Å². The van der Waals surface area contributed by atoms with Gasteiger partial charge >= 0.3 is 0 Å². The Bertz CT molecular complexity index is 598. The Morgan fingerprint density at radius 2 is 2.11 bits per heavy atom. The molecular formula is C13H13ClN2OS2. The number of nitrogens with zero attached hydrogens (tertiary/aromatic N) is 1. The van der Waals surface area contributed by atoms with Crippen molar-refractivity contribution in [2.75, 3.05) is 7.11 Å². The molecular weight excluding hydrogens is 300 g/mol. The molecule has 0 spiro atoms. The van der Waals surface area contributed by atoms with Crippen LogP contribution in [0.4, 0.5) is 0 Å². The molecule has 1 N–H and O–H groups in total. The topological polar surface area (TPSA) is 37.9 Å². The number of H-pyrrole nitrogens is 1. The molecule has 0 saturated carbocycles. The van der Waals surface area contributed by atoms with Crippen LogP contribution in [0.25, 0.3) is 0 Å². The molecule has 0 aliphatic heterocycles. The number of ether oxygens (including phenoxy) is 1. The van der Waals surface area contributed by atoms with E-state index in [2.05, 4.69) is 9.97 Å². The summed E-state index contributed by atoms with van der Waals surface area (Å²) >= 11 is 12.7. The number of benzene rings is 1. The van der Waals surface area contributed by atoms with Crippen molar-refractivity contribution in [3.05, 3.63) is 51.5 Å². The number of aromatic nitrogens is 2. The van der Waals surface area contributed by atoms with Gasteiger partial charge in [-0.2, -0.15) is 0 Å². The Labute approximate surface area is 126 Å². The predicted octanol–water partition coefficient (Wildman–Crippen LogP) is 4.23. The first-order valence-corrected chi connectivity index (χ1v) is 7.41. The van der Waals surface area contributed by atoms with E-state index in [1.54, 1.807) is 18.9 Å². The van der Waals surface area contributed by atoms with E-state index in [1.165, 1.54) is 0 Å². The van der Waals surface area contributed by atoms with Crippen molar-refractivity contribution in [2.45, 2.75) is 17.3 Å². The lowest BCUT2D eigenvalue weighted by molar-refractivity contribution is 0.181. The number of halogens is 1. The van der Waals surface area contributed by atoms with E-state index < -0.39 is 0 Å². The first-order valence-electron chi connectivity index (χ1n) is 5.64. The Morgan fingerprint density at radius 1 is 1.37 bits per heavy atom. The van der Waals surface area contributed by atoms with E-state index >= 15 is 0 Å². The van der Waals surface area contributed by atoms with Crippen LogP contribution in [0.1, 0.15) is 11.5 Å². The second-order valence-electron chi connectivity index (χ2n) is 3.87. The minimum absolute atomic E-state index is 0.505. The van der Waals surface area contributed by atoms with Gasteiger partial charge in [0, 0.05) is 22.7 Å². The molecule has 19 heavy (non-hydrogen) atoms. The maximum absolute atomic E-state index is 5.85. The Kier molecular flexibility index (Phi) is 5.39. The third-order valence-corrected chi connectivity index (χ3v) is 3.82. The number of rotatable bonds is 5. The standard InChI is InChI=1S/C13H13ClN2OS2/c1-17-7-10-6-13(18)16-12(15-10)8-19-11-4-2-9(14)3-5-11/h2-6H,7-8H2,1H3,(H,15,16,18). The zero-order chi connectivity index (χ0) is 13.7. The highest BCUT2D eigenvalue weighted by molar-refractivity contribution is 7.98. The van der Waals surface area contributed by atoms with Crippen molar-refractivity contribution in [1.82, 2.24) is 9.97 Å². The molecule has 6 heteroatoms. The minimum atomic E-state index is 0.505. The molecule has 0 saturated heterocycles. The van der Waals surface area contributed by atoms with Gasteiger partial charge in [0.05, 0.1) is 12.4 Å². The molecule has 0 bridgehead atoms. The number of hydrogen-bond acceptors (Lipinski definition) is 4. The van der Waals surface area contributed by atoms with Crippen LogP contribution in [0, 0.1) is 4.64 Å². The number of aromatic amines is 1. The quantitative estimate of drug-likeness (QED) is 0.662. The van der Waals surface area contributed by atoms with Gasteiger partial charge in [-0.05, 0) is 30.3 Å². The summed E-state index contributed by atoms with van der Waals surface area (Å²) in [6, 6.07) is 9.54. The lowest BCUT2D eigenvalue weighted by Gasteiger charge is -2.05. The van der Waals surface area contributed by atoms with Crippen LogP contribution >= 0.6 is 35.6 Å². The van der Waals surface area contributed by atoms with E-state index in [-0.39, 0.29) is 0 Å². The molecule has 0 amide bonds. The third kappa shape index (κ3) is 4.62. The third-order valence-electron chi connectivity index (χ3n) is 2.34. The predicted molar refractivity (Wildman–Crippen MR) is 81.1 cm³/mol. The summed E-state index contributed by atoms with van der Waals surface area (Å²) in [7, 11) is 1.65. The maximum Gasteiger partial charge on any atom is 0.130 e. The van der Waals surface area contributed by atoms with Gasteiger partial charge in [0.1, 0.15) is 10.5 Å². The van der Waals surface area contributed by atoms with Gasteiger partial charge in [-0.1, -0.05) is 23.8 Å². The van der Waals surface area contributed by atoms with Gasteiger partial charge in [-0.25, -0.2) is 4.98 Å². The average Bonchev–Trinajstić information content (AvgIpc) is 2.38. The largest absolute Gasteiger partial charge is 0.378 e. The summed E-state index contributed by atoms with van der Waals surface area (Å²) < 4.78 is 5.67. The normalized spacial score (nSPS) is 10.6. The highest BCUT2D eigenvalue weighted by atomic mass is 35.5. The summed E-state index contributed by atoms with van der Waals surface area (Å²) in [5.74, 6) is 1.57. The molecule has 0 atom stereocenters. The molecule has 3 nitrogen and oxygen atoms in total. The fourth-order valence-corrected chi connectivity index (χ4v) is 2.69. The summed E-state index contributed by atoms with van der Waals surface area (Å²) in [6.45, 7) is 0.505. The maximum atomic E-state index is 5.85. The fraction of sp³-hybridized carbons (Fsp3) is 0.231. The van der Waals surface area contributed by atoms with Gasteiger partial charge in [-0.3, -0.25) is 0 Å². The summed E-state index contributed by atoms with van der Waals surface area (Å²) in [5.41, 5.74) is 0.939. The van der Waals surface area contributed by atoms with Gasteiger partial charge < -0.3 is 9.72 Å². The van der Waals surface area contributed by atoms with E-state index in [9.17, 15) is 0 Å². The van der Waals surface area contributed by atoms with Crippen molar-refractivity contribution in [1.29, 1.82) is 0 Å². The van der Waals surface area contributed by atoms with Crippen LogP contribution in [0.3, 0.4) is 0 Å². The van der Waals surface area contributed by atoms with Crippen molar-refractivity contribution in [2.24, 2.45) is 0 Å². The Morgan fingerprint density at radius 3 is 2.79 bits per heavy atom. The fourth-order valence-electron chi connectivity index (χ4n) is 1.55. The van der Waals surface area contributed by atoms with Gasteiger partial charge in [0.25, 0.3) is 0 Å². The van der Waals surface area contributed by atoms with Crippen LogP contribution in [-0.4, -0.2) is 17.1 Å². The molecule has 0 aliphatic rings. The summed E-state index contributed by atoms with van der Waals surface area (Å²) in [6.07, 6.45) is 0. The second kappa shape index (κ2) is 7.05. The molecule has 2 aromatic rings. The minimum Gasteiger partial charge on any atom is -0.378 e. The van der Waals surface area contributed by atoms with Crippen molar-refractivity contribution < 1.29 is 4.74 Å². The zero-order valence-electron chi connectivity index (χ0n) is 10.4. The van der Waals surface area contributed by atoms with Crippen LogP contribution in [-0.2, 0) is 17.1 Å². The smallest absolute Gasteiger partial charge is 0.130 e. The monoisotopic (exact) mass is 312 g/mol. The molecule has 1 heterocycles. The van der Waals surface area contributed by atoms with Gasteiger partial charge in [0.15, 0.2) is 0 Å². The number of methoxy groups -OCH3 is 1. The van der Waals surface area contributed by atoms with Crippen molar-refractivity contribution >= 4 is 35.6 Å². The first kappa shape index (κ1) is 14.5. The molecule has 1 aromatic carbocycles. The zero-order valence-corrected chi connectivity index (χ0v) is 12.7. The van der Waals surface area contributed by atoms with E-state index in [0.29, 0.717) is 11.2 Å². The molecule has 0 unspecified atom stereocenters. The first-order chi connectivity index (χ1) is 9.17. The van der Waals surface area contributed by atoms with Crippen LogP contribution in [0.15, 0.2) is 35.2 Å². The van der Waals surface area contributed by atoms with Crippen LogP contribution < -0.4 is 0 Å². The van der Waals surface area contributed by atoms with Crippen molar-refractivity contribution in [3.63, 3.8) is 0 Å². The number of nitrogens with one attached hydrogen (secondary N) is 1. The highest BCUT2D eigenvalue weighted by Gasteiger charge is 2.01.